The predicted octanol–water partition coefficient (Wildman–Crippen LogP) is 4.03. The summed E-state index contributed by atoms with van der Waals surface area (Å²) in [5.41, 5.74) is 11.2. The van der Waals surface area contributed by atoms with Crippen LogP contribution in [0, 0.1) is 0 Å². The Hall–Kier alpha value is -4.43. The molecule has 176 valence electrons. The number of ether oxygens (including phenoxy) is 1. The van der Waals surface area contributed by atoms with Gasteiger partial charge in [0.25, 0.3) is 5.91 Å². The summed E-state index contributed by atoms with van der Waals surface area (Å²) in [6.07, 6.45) is 3.12. The highest BCUT2D eigenvalue weighted by Gasteiger charge is 2.11. The summed E-state index contributed by atoms with van der Waals surface area (Å²) in [6, 6.07) is 23.6. The van der Waals surface area contributed by atoms with Crippen LogP contribution in [0.5, 0.6) is 5.75 Å². The van der Waals surface area contributed by atoms with Gasteiger partial charge in [0, 0.05) is 33.5 Å². The van der Waals surface area contributed by atoms with Gasteiger partial charge in [-0.1, -0.05) is 60.1 Å². The van der Waals surface area contributed by atoms with Crippen LogP contribution < -0.4 is 15.9 Å². The van der Waals surface area contributed by atoms with Gasteiger partial charge in [0.2, 0.25) is 5.91 Å². The molecule has 8 nitrogen and oxygen atoms in total. The molecule has 0 bridgehead atoms. The van der Waals surface area contributed by atoms with E-state index < -0.39 is 5.91 Å². The smallest absolute Gasteiger partial charge is 0.271 e. The van der Waals surface area contributed by atoms with Gasteiger partial charge in [-0.25, -0.2) is 5.43 Å². The summed E-state index contributed by atoms with van der Waals surface area (Å²) in [4.78, 5) is 23.8. The van der Waals surface area contributed by atoms with Crippen LogP contribution in [-0.2, 0) is 17.9 Å². The molecule has 0 spiro atoms. The third-order valence-corrected chi connectivity index (χ3v) is 5.36. The molecule has 0 radical (unpaired) electrons. The maximum Gasteiger partial charge on any atom is 0.271 e. The number of primary amides is 1. The van der Waals surface area contributed by atoms with Crippen molar-refractivity contribution in [2.75, 3.05) is 0 Å². The first-order valence-corrected chi connectivity index (χ1v) is 11.1. The van der Waals surface area contributed by atoms with E-state index in [4.69, 9.17) is 22.1 Å². The topological polar surface area (TPSA) is 112 Å². The Bertz CT molecular complexity index is 1350. The number of nitrogens with two attached hydrogens (primary N) is 1. The second kappa shape index (κ2) is 11.1. The fourth-order valence-corrected chi connectivity index (χ4v) is 3.49. The highest BCUT2D eigenvalue weighted by molar-refractivity contribution is 6.31. The number of nitrogens with zero attached hydrogens (tertiary/aromatic N) is 3. The third kappa shape index (κ3) is 6.33. The van der Waals surface area contributed by atoms with Gasteiger partial charge < -0.3 is 10.5 Å². The van der Waals surface area contributed by atoms with Crippen LogP contribution >= 0.6 is 11.6 Å². The van der Waals surface area contributed by atoms with E-state index in [0.717, 1.165) is 11.1 Å². The quantitative estimate of drug-likeness (QED) is 0.274. The highest BCUT2D eigenvalue weighted by atomic mass is 35.5. The highest BCUT2D eigenvalue weighted by Crippen LogP contribution is 2.21. The third-order valence-electron chi connectivity index (χ3n) is 4.99. The molecule has 3 N–H and O–H groups in total. The number of halogens is 1. The van der Waals surface area contributed by atoms with E-state index >= 15 is 0 Å². The monoisotopic (exact) mass is 487 g/mol. The summed E-state index contributed by atoms with van der Waals surface area (Å²) in [5.74, 6) is -0.285. The first-order chi connectivity index (χ1) is 17.0. The van der Waals surface area contributed by atoms with Crippen molar-refractivity contribution in [3.63, 3.8) is 0 Å². The minimum atomic E-state index is -0.511. The predicted molar refractivity (Wildman–Crippen MR) is 134 cm³/mol. The molecule has 0 saturated heterocycles. The molecule has 0 fully saturated rings. The maximum atomic E-state index is 12.5. The second-order valence-corrected chi connectivity index (χ2v) is 7.97. The zero-order valence-electron chi connectivity index (χ0n) is 18.6. The molecule has 1 heterocycles. The zero-order chi connectivity index (χ0) is 24.6. The van der Waals surface area contributed by atoms with Gasteiger partial charge in [0.05, 0.1) is 6.21 Å². The summed E-state index contributed by atoms with van der Waals surface area (Å²) < 4.78 is 7.18. The van der Waals surface area contributed by atoms with Crippen molar-refractivity contribution in [2.24, 2.45) is 10.8 Å². The number of hydrogen-bond donors (Lipinski definition) is 2. The van der Waals surface area contributed by atoms with Crippen molar-refractivity contribution >= 4 is 29.6 Å². The Morgan fingerprint density at radius 2 is 1.74 bits per heavy atom. The molecule has 2 amide bonds. The molecule has 1 aromatic heterocycles. The Labute approximate surface area is 207 Å². The number of nitrogens with one attached hydrogen (secondary N) is 1. The normalized spacial score (nSPS) is 10.9. The first kappa shape index (κ1) is 23.7. The van der Waals surface area contributed by atoms with E-state index in [9.17, 15) is 9.59 Å². The molecule has 3 aromatic carbocycles. The van der Waals surface area contributed by atoms with E-state index in [-0.39, 0.29) is 12.5 Å². The van der Waals surface area contributed by atoms with Crippen LogP contribution in [0.25, 0.3) is 11.3 Å². The molecule has 0 unspecified atom stereocenters. The van der Waals surface area contributed by atoms with Gasteiger partial charge in [0.15, 0.2) is 0 Å². The van der Waals surface area contributed by atoms with Gasteiger partial charge in [0.1, 0.15) is 24.6 Å². The standard InChI is InChI=1S/C26H22ClN5O3/c27-23-9-5-4-8-20(23)17-35-22-12-10-19(11-13-22)26(34)30-29-14-21-15-32(16-24(28)33)31-25(21)18-6-2-1-3-7-18/h1-15H,16-17H2,(H2,28,33)(H,30,34). The number of carbonyl (C=O) groups excluding carboxylic acids is 2. The summed E-state index contributed by atoms with van der Waals surface area (Å²) in [6.45, 7) is 0.258. The van der Waals surface area contributed by atoms with Crippen LogP contribution in [-0.4, -0.2) is 27.8 Å². The number of benzene rings is 3. The molecule has 0 aliphatic heterocycles. The lowest BCUT2D eigenvalue weighted by atomic mass is 10.1. The molecule has 0 aliphatic carbocycles. The lowest BCUT2D eigenvalue weighted by molar-refractivity contribution is -0.118. The number of aromatic nitrogens is 2. The number of hydrazone groups is 1. The van der Waals surface area contributed by atoms with Crippen LogP contribution in [0.1, 0.15) is 21.5 Å². The van der Waals surface area contributed by atoms with E-state index in [1.165, 1.54) is 10.9 Å². The minimum Gasteiger partial charge on any atom is -0.489 e. The minimum absolute atomic E-state index is 0.0646. The van der Waals surface area contributed by atoms with Crippen molar-refractivity contribution in [2.45, 2.75) is 13.2 Å². The number of hydrogen-bond acceptors (Lipinski definition) is 5. The average molecular weight is 488 g/mol. The molecule has 9 heteroatoms. The lowest BCUT2D eigenvalue weighted by Gasteiger charge is -2.08. The second-order valence-electron chi connectivity index (χ2n) is 7.57. The van der Waals surface area contributed by atoms with Crippen LogP contribution in [0.4, 0.5) is 0 Å². The largest absolute Gasteiger partial charge is 0.489 e. The molecule has 4 rings (SSSR count). The van der Waals surface area contributed by atoms with E-state index in [1.807, 2.05) is 48.5 Å². The summed E-state index contributed by atoms with van der Waals surface area (Å²) >= 11 is 6.15. The SMILES string of the molecule is NC(=O)Cn1cc(C=NNC(=O)c2ccc(OCc3ccccc3Cl)cc2)c(-c2ccccc2)n1. The van der Waals surface area contributed by atoms with E-state index in [0.29, 0.717) is 34.2 Å². The van der Waals surface area contributed by atoms with Gasteiger partial charge in [-0.05, 0) is 30.3 Å². The fourth-order valence-electron chi connectivity index (χ4n) is 3.30. The molecular formula is C26H22ClN5O3. The Kier molecular flexibility index (Phi) is 7.54. The van der Waals surface area contributed by atoms with Gasteiger partial charge in [-0.15, -0.1) is 0 Å². The Balaban J connectivity index is 1.40. The lowest BCUT2D eigenvalue weighted by Crippen LogP contribution is -2.18. The Morgan fingerprint density at radius 1 is 1.03 bits per heavy atom. The average Bonchev–Trinajstić information content (AvgIpc) is 3.26. The van der Waals surface area contributed by atoms with Crippen molar-refractivity contribution in [3.05, 3.63) is 107 Å². The van der Waals surface area contributed by atoms with Gasteiger partial charge in [-0.2, -0.15) is 10.2 Å². The van der Waals surface area contributed by atoms with E-state index in [1.54, 1.807) is 36.5 Å². The van der Waals surface area contributed by atoms with Gasteiger partial charge >= 0.3 is 0 Å². The van der Waals surface area contributed by atoms with Crippen molar-refractivity contribution in [1.29, 1.82) is 0 Å². The van der Waals surface area contributed by atoms with Crippen LogP contribution in [0.3, 0.4) is 0 Å². The molecule has 4 aromatic rings. The van der Waals surface area contributed by atoms with Gasteiger partial charge in [-0.3, -0.25) is 14.3 Å². The fraction of sp³-hybridized carbons (Fsp3) is 0.0769. The molecular weight excluding hydrogens is 466 g/mol. The molecule has 0 atom stereocenters. The zero-order valence-corrected chi connectivity index (χ0v) is 19.4. The van der Waals surface area contributed by atoms with Crippen LogP contribution in [0.15, 0.2) is 90.2 Å². The van der Waals surface area contributed by atoms with Crippen molar-refractivity contribution in [3.8, 4) is 17.0 Å². The molecule has 35 heavy (non-hydrogen) atoms. The van der Waals surface area contributed by atoms with Crippen molar-refractivity contribution in [1.82, 2.24) is 15.2 Å². The van der Waals surface area contributed by atoms with E-state index in [2.05, 4.69) is 15.6 Å². The van der Waals surface area contributed by atoms with Crippen LogP contribution in [0.2, 0.25) is 5.02 Å². The van der Waals surface area contributed by atoms with Crippen molar-refractivity contribution < 1.29 is 14.3 Å². The number of carbonyl (C=O) groups is 2. The molecule has 0 saturated carbocycles. The number of rotatable bonds is 9. The number of amides is 2. The maximum absolute atomic E-state index is 12.5. The summed E-state index contributed by atoms with van der Waals surface area (Å²) in [7, 11) is 0. The Morgan fingerprint density at radius 3 is 2.46 bits per heavy atom. The molecule has 0 aliphatic rings. The summed E-state index contributed by atoms with van der Waals surface area (Å²) in [5, 5.41) is 9.12. The first-order valence-electron chi connectivity index (χ1n) is 10.7.